The van der Waals surface area contributed by atoms with Crippen LogP contribution in [0.1, 0.15) is 94.9 Å². The molecule has 4 amide bonds. The third kappa shape index (κ3) is 14.6. The zero-order valence-corrected chi connectivity index (χ0v) is 34.3. The number of amides is 4. The number of imidazole rings is 1. The van der Waals surface area contributed by atoms with Gasteiger partial charge in [0.2, 0.25) is 17.7 Å². The van der Waals surface area contributed by atoms with Crippen LogP contribution in [-0.4, -0.2) is 92.8 Å². The SMILES string of the molecule is CC(C)[C@@H](CCNC(=O)C1CCN(Cc2ccccc2)CC1)C[C@@H](O)[C@H](CC1CCCCC1)NC(=O)[C@H](Cc1cnc[nH]1)NC(=O)[C@H](Cc1ccccc1)NC(=O)O. The summed E-state index contributed by atoms with van der Waals surface area (Å²) >= 11 is 0. The number of nitrogens with one attached hydrogen (secondary N) is 5. The number of carboxylic acid groups (broad SMARTS) is 1. The van der Waals surface area contributed by atoms with E-state index in [1.165, 1.54) is 18.3 Å². The number of aromatic amines is 1. The Bertz CT molecular complexity index is 1680. The molecule has 5 atom stereocenters. The van der Waals surface area contributed by atoms with Crippen LogP contribution in [0.5, 0.6) is 0 Å². The fraction of sp³-hybridized carbons (Fsp3) is 0.578. The number of hydrogen-bond acceptors (Lipinski definition) is 7. The minimum Gasteiger partial charge on any atom is -0.465 e. The second-order valence-electron chi connectivity index (χ2n) is 16.8. The van der Waals surface area contributed by atoms with Gasteiger partial charge >= 0.3 is 6.09 Å². The molecule has 1 saturated heterocycles. The van der Waals surface area contributed by atoms with E-state index < -0.39 is 42.1 Å². The van der Waals surface area contributed by atoms with Gasteiger partial charge in [0, 0.05) is 43.7 Å². The first-order valence-corrected chi connectivity index (χ1v) is 21.4. The molecule has 13 heteroatoms. The topological polar surface area (TPSA) is 189 Å². The first-order chi connectivity index (χ1) is 28.0. The van der Waals surface area contributed by atoms with Crippen LogP contribution in [0.4, 0.5) is 4.79 Å². The molecule has 13 nitrogen and oxygen atoms in total. The Kier molecular flexibility index (Phi) is 17.6. The van der Waals surface area contributed by atoms with Gasteiger partial charge in [-0.2, -0.15) is 0 Å². The number of carbonyl (C=O) groups excluding carboxylic acids is 3. The maximum atomic E-state index is 14.2. The molecule has 0 bridgehead atoms. The van der Waals surface area contributed by atoms with E-state index in [-0.39, 0.29) is 36.5 Å². The number of hydrogen-bond donors (Lipinski definition) is 7. The fourth-order valence-electron chi connectivity index (χ4n) is 8.60. The van der Waals surface area contributed by atoms with Crippen molar-refractivity contribution in [2.24, 2.45) is 23.7 Å². The predicted octanol–water partition coefficient (Wildman–Crippen LogP) is 5.21. The van der Waals surface area contributed by atoms with E-state index in [1.54, 1.807) is 6.20 Å². The second kappa shape index (κ2) is 23.0. The van der Waals surface area contributed by atoms with Crippen molar-refractivity contribution in [2.45, 2.75) is 122 Å². The highest BCUT2D eigenvalue weighted by Crippen LogP contribution is 2.30. The van der Waals surface area contributed by atoms with Gasteiger partial charge in [-0.05, 0) is 74.1 Å². The van der Waals surface area contributed by atoms with E-state index in [9.17, 15) is 29.4 Å². The molecule has 316 valence electrons. The summed E-state index contributed by atoms with van der Waals surface area (Å²) in [6.45, 7) is 7.45. The quantitative estimate of drug-likeness (QED) is 0.0765. The minimum atomic E-state index is -1.35. The number of rotatable bonds is 21. The average Bonchev–Trinajstić information content (AvgIpc) is 3.74. The number of piperidine rings is 1. The van der Waals surface area contributed by atoms with E-state index in [1.807, 2.05) is 36.4 Å². The number of H-pyrrole nitrogens is 1. The third-order valence-corrected chi connectivity index (χ3v) is 12.1. The molecule has 5 rings (SSSR count). The summed E-state index contributed by atoms with van der Waals surface area (Å²) in [6, 6.07) is 16.7. The van der Waals surface area contributed by atoms with Gasteiger partial charge in [-0.3, -0.25) is 19.3 Å². The summed E-state index contributed by atoms with van der Waals surface area (Å²) in [5, 5.41) is 33.0. The number of likely N-dealkylation sites (tertiary alicyclic amines) is 1. The summed E-state index contributed by atoms with van der Waals surface area (Å²) in [5.41, 5.74) is 2.67. The van der Waals surface area contributed by atoms with E-state index in [0.29, 0.717) is 37.4 Å². The van der Waals surface area contributed by atoms with Gasteiger partial charge in [0.05, 0.1) is 18.5 Å². The third-order valence-electron chi connectivity index (χ3n) is 12.1. The van der Waals surface area contributed by atoms with Gasteiger partial charge in [0.25, 0.3) is 0 Å². The van der Waals surface area contributed by atoms with Crippen molar-refractivity contribution < 1.29 is 29.4 Å². The lowest BCUT2D eigenvalue weighted by Gasteiger charge is -2.34. The normalized spacial score (nSPS) is 18.1. The molecular formula is C45H65N7O6. The van der Waals surface area contributed by atoms with Crippen molar-refractivity contribution in [3.05, 3.63) is 90.0 Å². The lowest BCUT2D eigenvalue weighted by Crippen LogP contribution is -2.57. The van der Waals surface area contributed by atoms with Gasteiger partial charge in [0.15, 0.2) is 0 Å². The number of aromatic nitrogens is 2. The van der Waals surface area contributed by atoms with E-state index in [4.69, 9.17) is 0 Å². The molecule has 3 aromatic rings. The molecule has 0 unspecified atom stereocenters. The van der Waals surface area contributed by atoms with Crippen molar-refractivity contribution in [2.75, 3.05) is 19.6 Å². The molecule has 2 aliphatic rings. The van der Waals surface area contributed by atoms with Gasteiger partial charge in [0.1, 0.15) is 12.1 Å². The Balaban J connectivity index is 1.20. The van der Waals surface area contributed by atoms with Crippen LogP contribution in [0, 0.1) is 23.7 Å². The average molecular weight is 800 g/mol. The zero-order chi connectivity index (χ0) is 41.3. The Hall–Kier alpha value is -4.75. The van der Waals surface area contributed by atoms with Crippen molar-refractivity contribution in [1.82, 2.24) is 36.1 Å². The minimum absolute atomic E-state index is 0.00563. The summed E-state index contributed by atoms with van der Waals surface area (Å²) in [6.07, 6.45) is 9.95. The van der Waals surface area contributed by atoms with Crippen LogP contribution in [0.2, 0.25) is 0 Å². The van der Waals surface area contributed by atoms with Gasteiger partial charge in [-0.25, -0.2) is 9.78 Å². The molecular weight excluding hydrogens is 735 g/mol. The van der Waals surface area contributed by atoms with Crippen molar-refractivity contribution in [3.8, 4) is 0 Å². The van der Waals surface area contributed by atoms with Crippen LogP contribution >= 0.6 is 0 Å². The first kappa shape index (κ1) is 44.4. The van der Waals surface area contributed by atoms with Crippen LogP contribution in [-0.2, 0) is 33.8 Å². The molecule has 1 saturated carbocycles. The van der Waals surface area contributed by atoms with Crippen LogP contribution in [0.3, 0.4) is 0 Å². The number of nitrogens with zero attached hydrogens (tertiary/aromatic N) is 2. The van der Waals surface area contributed by atoms with Gasteiger partial charge < -0.3 is 36.5 Å². The highest BCUT2D eigenvalue weighted by Gasteiger charge is 2.33. The van der Waals surface area contributed by atoms with E-state index >= 15 is 0 Å². The van der Waals surface area contributed by atoms with E-state index in [2.05, 4.69) is 74.2 Å². The number of benzene rings is 2. The Morgan fingerprint density at radius 2 is 1.47 bits per heavy atom. The Labute approximate surface area is 343 Å². The second-order valence-corrected chi connectivity index (χ2v) is 16.8. The maximum Gasteiger partial charge on any atom is 0.405 e. The fourth-order valence-corrected chi connectivity index (χ4v) is 8.60. The molecule has 58 heavy (non-hydrogen) atoms. The first-order valence-electron chi connectivity index (χ1n) is 21.4. The lowest BCUT2D eigenvalue weighted by atomic mass is 9.80. The van der Waals surface area contributed by atoms with E-state index in [0.717, 1.165) is 63.7 Å². The lowest BCUT2D eigenvalue weighted by molar-refractivity contribution is -0.131. The molecule has 0 radical (unpaired) electrons. The van der Waals surface area contributed by atoms with Crippen molar-refractivity contribution in [3.63, 3.8) is 0 Å². The molecule has 1 aliphatic carbocycles. The summed E-state index contributed by atoms with van der Waals surface area (Å²) in [7, 11) is 0. The highest BCUT2D eigenvalue weighted by atomic mass is 16.4. The molecule has 2 heterocycles. The van der Waals surface area contributed by atoms with Crippen molar-refractivity contribution >= 4 is 23.8 Å². The molecule has 1 aliphatic heterocycles. The maximum absolute atomic E-state index is 14.2. The molecule has 2 fully saturated rings. The molecule has 7 N–H and O–H groups in total. The zero-order valence-electron chi connectivity index (χ0n) is 34.3. The Morgan fingerprint density at radius 1 is 0.828 bits per heavy atom. The Morgan fingerprint density at radius 3 is 2.09 bits per heavy atom. The number of carbonyl (C=O) groups is 4. The number of aliphatic hydroxyl groups is 1. The predicted molar refractivity (Wildman–Crippen MR) is 223 cm³/mol. The molecule has 2 aromatic carbocycles. The summed E-state index contributed by atoms with van der Waals surface area (Å²) < 4.78 is 0. The summed E-state index contributed by atoms with van der Waals surface area (Å²) in [4.78, 5) is 62.4. The van der Waals surface area contributed by atoms with Crippen LogP contribution in [0.15, 0.2) is 73.2 Å². The standard InChI is InChI=1S/C45H65N7O6/c1-31(2)36(18-21-47-42(54)35-19-22-52(23-20-35)29-34-16-10-5-11-17-34)26-41(53)38(24-32-12-6-3-7-13-32)49-44(56)40(27-37-28-46-30-48-37)50-43(55)39(51-45(57)58)25-33-14-8-4-9-15-33/h4-5,8-11,14-17,28,30-32,35-36,38-41,51,53H,3,6-7,12-13,18-27,29H2,1-2H3,(H,46,48)(H,47,54)(H,49,56)(H,50,55)(H,57,58)/t36-,38-,39-,40-,41+/m0/s1. The largest absolute Gasteiger partial charge is 0.465 e. The smallest absolute Gasteiger partial charge is 0.405 e. The molecule has 1 aromatic heterocycles. The summed E-state index contributed by atoms with van der Waals surface area (Å²) in [5.74, 6) is -0.326. The van der Waals surface area contributed by atoms with Crippen molar-refractivity contribution in [1.29, 1.82) is 0 Å². The number of aliphatic hydroxyl groups excluding tert-OH is 1. The highest BCUT2D eigenvalue weighted by molar-refractivity contribution is 5.91. The monoisotopic (exact) mass is 799 g/mol. The van der Waals surface area contributed by atoms with Crippen LogP contribution in [0.25, 0.3) is 0 Å². The molecule has 0 spiro atoms. The van der Waals surface area contributed by atoms with Gasteiger partial charge in [-0.15, -0.1) is 0 Å². The van der Waals surface area contributed by atoms with Gasteiger partial charge in [-0.1, -0.05) is 107 Å². The van der Waals surface area contributed by atoms with Crippen LogP contribution < -0.4 is 21.3 Å².